The third-order valence-electron chi connectivity index (χ3n) is 8.80. The molecule has 0 aliphatic carbocycles. The van der Waals surface area contributed by atoms with Crippen LogP contribution < -0.4 is 15.8 Å². The molecular formula is C38H37N5O3S2. The number of para-hydroxylation sites is 2. The first-order valence-electron chi connectivity index (χ1n) is 15.8. The molecule has 48 heavy (non-hydrogen) atoms. The van der Waals surface area contributed by atoms with Gasteiger partial charge in [0.05, 0.1) is 33.4 Å². The molecule has 0 bridgehead atoms. The molecule has 1 N–H and O–H groups in total. The second kappa shape index (κ2) is 14.0. The van der Waals surface area contributed by atoms with Gasteiger partial charge in [0.15, 0.2) is 4.34 Å². The lowest BCUT2D eigenvalue weighted by atomic mass is 9.91. The summed E-state index contributed by atoms with van der Waals surface area (Å²) in [6.07, 6.45) is 0.256. The lowest BCUT2D eigenvalue weighted by molar-refractivity contribution is -0.130. The number of carbonyl (C=O) groups excluding carboxylic acids is 2. The van der Waals surface area contributed by atoms with E-state index in [0.29, 0.717) is 11.4 Å². The van der Waals surface area contributed by atoms with Crippen LogP contribution in [0.15, 0.2) is 124 Å². The summed E-state index contributed by atoms with van der Waals surface area (Å²) in [6, 6.07) is 36.1. The molecule has 0 fully saturated rings. The minimum Gasteiger partial charge on any atom is -0.343 e. The van der Waals surface area contributed by atoms with Crippen molar-refractivity contribution in [3.8, 4) is 5.69 Å². The summed E-state index contributed by atoms with van der Waals surface area (Å²) in [4.78, 5) is 49.8. The average Bonchev–Trinajstić information content (AvgIpc) is 3.64. The Morgan fingerprint density at radius 1 is 0.896 bits per heavy atom. The van der Waals surface area contributed by atoms with Crippen molar-refractivity contribution in [1.29, 1.82) is 0 Å². The zero-order valence-electron chi connectivity index (χ0n) is 27.3. The fraction of sp³-hybridized carbons (Fsp3) is 0.211. The van der Waals surface area contributed by atoms with Crippen LogP contribution in [-0.4, -0.2) is 37.5 Å². The van der Waals surface area contributed by atoms with E-state index in [0.717, 1.165) is 25.7 Å². The van der Waals surface area contributed by atoms with Crippen LogP contribution in [0.25, 0.3) is 15.9 Å². The monoisotopic (exact) mass is 675 g/mol. The van der Waals surface area contributed by atoms with E-state index in [-0.39, 0.29) is 35.2 Å². The van der Waals surface area contributed by atoms with Gasteiger partial charge in [-0.3, -0.25) is 24.0 Å². The first-order chi connectivity index (χ1) is 23.2. The van der Waals surface area contributed by atoms with Gasteiger partial charge in [0.1, 0.15) is 11.2 Å². The van der Waals surface area contributed by atoms with Gasteiger partial charge in [-0.2, -0.15) is 0 Å². The van der Waals surface area contributed by atoms with Gasteiger partial charge in [-0.25, -0.2) is 9.67 Å². The normalized spacial score (nSPS) is 12.6. The topological polar surface area (TPSA) is 89.2 Å². The van der Waals surface area contributed by atoms with E-state index >= 15 is 0 Å². The van der Waals surface area contributed by atoms with Crippen LogP contribution in [0.4, 0.5) is 5.69 Å². The zero-order valence-corrected chi connectivity index (χ0v) is 28.9. The van der Waals surface area contributed by atoms with Gasteiger partial charge in [0.25, 0.3) is 5.56 Å². The van der Waals surface area contributed by atoms with Gasteiger partial charge in [0.2, 0.25) is 11.8 Å². The third-order valence-corrected chi connectivity index (χ3v) is 11.0. The fourth-order valence-corrected chi connectivity index (χ4v) is 7.83. The predicted molar refractivity (Wildman–Crippen MR) is 195 cm³/mol. The van der Waals surface area contributed by atoms with Crippen LogP contribution >= 0.6 is 23.1 Å². The summed E-state index contributed by atoms with van der Waals surface area (Å²) in [5.41, 5.74) is 2.27. The molecule has 1 atom stereocenters. The molecule has 0 spiro atoms. The summed E-state index contributed by atoms with van der Waals surface area (Å²) in [5, 5.41) is 3.26. The molecule has 6 aromatic rings. The lowest BCUT2D eigenvalue weighted by Gasteiger charge is -2.40. The van der Waals surface area contributed by atoms with Gasteiger partial charge >= 0.3 is 0 Å². The maximum atomic E-state index is 14.7. The van der Waals surface area contributed by atoms with Crippen LogP contribution in [-0.2, 0) is 16.6 Å². The number of aromatic nitrogens is 3. The highest BCUT2D eigenvalue weighted by atomic mass is 32.2. The molecule has 6 rings (SSSR count). The molecule has 2 heterocycles. The Morgan fingerprint density at radius 3 is 2.04 bits per heavy atom. The molecule has 2 amide bonds. The number of thiazole rings is 1. The highest BCUT2D eigenvalue weighted by Crippen LogP contribution is 2.34. The van der Waals surface area contributed by atoms with Crippen molar-refractivity contribution in [3.63, 3.8) is 0 Å². The molecule has 0 saturated carbocycles. The second-order valence-corrected chi connectivity index (χ2v) is 14.0. The van der Waals surface area contributed by atoms with E-state index in [2.05, 4.69) is 5.32 Å². The van der Waals surface area contributed by atoms with Gasteiger partial charge in [-0.1, -0.05) is 110 Å². The highest BCUT2D eigenvalue weighted by molar-refractivity contribution is 8.01. The molecule has 8 nitrogen and oxygen atoms in total. The largest absolute Gasteiger partial charge is 0.343 e. The number of thioether (sulfide) groups is 1. The minimum atomic E-state index is -1.42. The number of amides is 2. The van der Waals surface area contributed by atoms with Crippen molar-refractivity contribution < 1.29 is 9.59 Å². The van der Waals surface area contributed by atoms with Crippen molar-refractivity contribution >= 4 is 50.8 Å². The number of benzene rings is 4. The Hall–Kier alpha value is -4.93. The smallest absolute Gasteiger partial charge is 0.295 e. The Morgan fingerprint density at radius 2 is 1.46 bits per heavy atom. The molecule has 0 radical (unpaired) electrons. The van der Waals surface area contributed by atoms with Crippen LogP contribution in [0, 0.1) is 6.92 Å². The first kappa shape index (κ1) is 33.0. The van der Waals surface area contributed by atoms with Crippen molar-refractivity contribution in [3.05, 3.63) is 142 Å². The number of nitrogens with zero attached hydrogens (tertiary/aromatic N) is 4. The molecule has 0 aliphatic heterocycles. The van der Waals surface area contributed by atoms with E-state index in [9.17, 15) is 14.4 Å². The Balaban J connectivity index is 1.43. The molecule has 2 aromatic heterocycles. The van der Waals surface area contributed by atoms with Crippen molar-refractivity contribution in [1.82, 2.24) is 19.7 Å². The van der Waals surface area contributed by atoms with Crippen LogP contribution in [0.2, 0.25) is 0 Å². The highest BCUT2D eigenvalue weighted by Gasteiger charge is 2.45. The van der Waals surface area contributed by atoms with Gasteiger partial charge in [0, 0.05) is 7.05 Å². The number of hydrogen-bond donors (Lipinski definition) is 1. The number of nitrogens with one attached hydrogen (secondary N) is 1. The Bertz CT molecular complexity index is 2040. The summed E-state index contributed by atoms with van der Waals surface area (Å²) in [7, 11) is 1.79. The van der Waals surface area contributed by atoms with Crippen molar-refractivity contribution in [2.75, 3.05) is 10.7 Å². The number of rotatable bonds is 11. The van der Waals surface area contributed by atoms with Crippen LogP contribution in [0.3, 0.4) is 0 Å². The molecule has 0 aliphatic rings. The van der Waals surface area contributed by atoms with E-state index < -0.39 is 11.6 Å². The summed E-state index contributed by atoms with van der Waals surface area (Å²) >= 11 is 2.82. The quantitative estimate of drug-likeness (QED) is 0.146. The summed E-state index contributed by atoms with van der Waals surface area (Å²) in [5.74, 6) is -0.738. The number of anilines is 1. The van der Waals surface area contributed by atoms with Crippen LogP contribution in [0.1, 0.15) is 43.1 Å². The SMILES string of the molecule is CC[C@@](C)(C(=O)NC(c1ccccc1)c1ccccc1)N(C(=O)CSc1nc2ccccc2s1)c1c(C)n(C)n(-c2ccccc2)c1=O. The summed E-state index contributed by atoms with van der Waals surface area (Å²) < 4.78 is 5.04. The predicted octanol–water partition coefficient (Wildman–Crippen LogP) is 7.29. The van der Waals surface area contributed by atoms with Gasteiger partial charge in [-0.05, 0) is 55.7 Å². The molecule has 0 saturated heterocycles. The molecule has 0 unspecified atom stereocenters. The minimum absolute atomic E-state index is 0.0113. The zero-order chi connectivity index (χ0) is 33.8. The second-order valence-electron chi connectivity index (χ2n) is 11.7. The van der Waals surface area contributed by atoms with Gasteiger partial charge < -0.3 is 5.32 Å². The number of fused-ring (bicyclic) bond motifs is 1. The van der Waals surface area contributed by atoms with Crippen molar-refractivity contribution in [2.24, 2.45) is 7.05 Å². The Kier molecular flexibility index (Phi) is 9.66. The fourth-order valence-electron chi connectivity index (χ4n) is 5.92. The van der Waals surface area contributed by atoms with Crippen LogP contribution in [0.5, 0.6) is 0 Å². The number of hydrogen-bond acceptors (Lipinski definition) is 6. The van der Waals surface area contributed by atoms with E-state index in [1.807, 2.05) is 129 Å². The maximum Gasteiger partial charge on any atom is 0.295 e. The lowest BCUT2D eigenvalue weighted by Crippen LogP contribution is -2.61. The first-order valence-corrected chi connectivity index (χ1v) is 17.6. The van der Waals surface area contributed by atoms with E-state index in [1.165, 1.54) is 32.7 Å². The maximum absolute atomic E-state index is 14.7. The molecular weight excluding hydrogens is 639 g/mol. The molecule has 10 heteroatoms. The van der Waals surface area contributed by atoms with Gasteiger partial charge in [-0.15, -0.1) is 11.3 Å². The number of carbonyl (C=O) groups is 2. The third kappa shape index (κ3) is 6.33. The standard InChI is InChI=1S/C38H37N5O3S2/c1-5-38(3,36(46)40-33(27-17-9-6-10-18-27)28-19-11-7-12-20-28)42(32(44)25-47-37-39-30-23-15-16-24-31(30)48-37)34-26(2)41(4)43(35(34)45)29-21-13-8-14-22-29/h6-24,33H,5,25H2,1-4H3,(H,40,46)/t38-/m0/s1. The molecule has 4 aromatic carbocycles. The van der Waals surface area contributed by atoms with Crippen molar-refractivity contribution in [2.45, 2.75) is 43.1 Å². The van der Waals surface area contributed by atoms with E-state index in [4.69, 9.17) is 4.98 Å². The van der Waals surface area contributed by atoms with E-state index in [1.54, 1.807) is 18.7 Å². The average molecular weight is 676 g/mol. The Labute approximate surface area is 288 Å². The summed E-state index contributed by atoms with van der Waals surface area (Å²) in [6.45, 7) is 5.42. The molecule has 244 valence electrons.